The lowest BCUT2D eigenvalue weighted by Crippen LogP contribution is -2.35. The van der Waals surface area contributed by atoms with E-state index < -0.39 is 5.91 Å². The number of thioether (sulfide) groups is 1. The number of benzene rings is 2. The van der Waals surface area contributed by atoms with Gasteiger partial charge in [-0.15, -0.1) is 0 Å². The van der Waals surface area contributed by atoms with E-state index in [1.165, 1.54) is 22.3 Å². The van der Waals surface area contributed by atoms with Gasteiger partial charge in [0.15, 0.2) is 5.84 Å². The van der Waals surface area contributed by atoms with Gasteiger partial charge in [0.25, 0.3) is 5.91 Å². The van der Waals surface area contributed by atoms with Crippen molar-refractivity contribution in [1.29, 1.82) is 5.41 Å². The quantitative estimate of drug-likeness (QED) is 0.598. The zero-order valence-electron chi connectivity index (χ0n) is 17.2. The van der Waals surface area contributed by atoms with Crippen molar-refractivity contribution in [1.82, 2.24) is 9.58 Å². The molecule has 3 aromatic rings. The zero-order valence-corrected chi connectivity index (χ0v) is 18.1. The summed E-state index contributed by atoms with van der Waals surface area (Å²) in [4.78, 5) is 17.0. The minimum absolute atomic E-state index is 0.0676. The van der Waals surface area contributed by atoms with Gasteiger partial charge in [-0.25, -0.2) is 0 Å². The van der Waals surface area contributed by atoms with Gasteiger partial charge in [-0.05, 0) is 29.5 Å². The fourth-order valence-electron chi connectivity index (χ4n) is 3.70. The molecule has 0 saturated carbocycles. The number of hydrogen-bond acceptors (Lipinski definition) is 4. The van der Waals surface area contributed by atoms with Gasteiger partial charge in [-0.1, -0.05) is 62.4 Å². The predicted molar refractivity (Wildman–Crippen MR) is 127 cm³/mol. The molecule has 7 heteroatoms. The standard InChI is InChI=1S/C24H21N5OS/c1-15(2)23-27-29-21(25)19(22(30)26-24(29)31-23)12-17-14-28(13-16-8-4-3-5-9-16)20-11-7-6-10-18(17)20/h3-12,14-15,25H,13H2,1-2H3/b19-12+,25-21?. The van der Waals surface area contributed by atoms with Gasteiger partial charge >= 0.3 is 0 Å². The summed E-state index contributed by atoms with van der Waals surface area (Å²) in [7, 11) is 0. The minimum atomic E-state index is -0.399. The molecular formula is C24H21N5OS. The van der Waals surface area contributed by atoms with Crippen LogP contribution >= 0.6 is 11.8 Å². The van der Waals surface area contributed by atoms with Crippen molar-refractivity contribution in [3.05, 3.63) is 77.5 Å². The van der Waals surface area contributed by atoms with Gasteiger partial charge in [0.05, 0.1) is 5.57 Å². The molecule has 5 rings (SSSR count). The number of aliphatic imine (C=N–C) groups is 1. The Balaban J connectivity index is 1.56. The second kappa shape index (κ2) is 7.67. The van der Waals surface area contributed by atoms with Crippen LogP contribution in [0.3, 0.4) is 0 Å². The van der Waals surface area contributed by atoms with E-state index in [-0.39, 0.29) is 17.3 Å². The maximum atomic E-state index is 12.8. The molecule has 0 bridgehead atoms. The van der Waals surface area contributed by atoms with E-state index in [1.54, 1.807) is 6.08 Å². The topological polar surface area (TPSA) is 73.8 Å². The molecule has 0 radical (unpaired) electrons. The van der Waals surface area contributed by atoms with Gasteiger partial charge in [-0.2, -0.15) is 15.1 Å². The van der Waals surface area contributed by atoms with Gasteiger partial charge in [0, 0.05) is 35.1 Å². The van der Waals surface area contributed by atoms with Crippen molar-refractivity contribution in [2.24, 2.45) is 16.0 Å². The first-order valence-electron chi connectivity index (χ1n) is 10.1. The summed E-state index contributed by atoms with van der Waals surface area (Å²) in [5.74, 6) is -0.119. The van der Waals surface area contributed by atoms with Gasteiger partial charge in [0.1, 0.15) is 5.04 Å². The highest BCUT2D eigenvalue weighted by molar-refractivity contribution is 8.27. The van der Waals surface area contributed by atoms with Crippen LogP contribution in [0.15, 0.2) is 76.5 Å². The zero-order chi connectivity index (χ0) is 21.5. The first-order valence-corrected chi connectivity index (χ1v) is 10.9. The van der Waals surface area contributed by atoms with Crippen LogP contribution in [-0.4, -0.2) is 31.5 Å². The second-order valence-electron chi connectivity index (χ2n) is 7.83. The fourth-order valence-corrected chi connectivity index (χ4v) is 4.59. The molecule has 2 aliphatic heterocycles. The Labute approximate surface area is 184 Å². The summed E-state index contributed by atoms with van der Waals surface area (Å²) < 4.78 is 2.17. The van der Waals surface area contributed by atoms with E-state index >= 15 is 0 Å². The van der Waals surface area contributed by atoms with Crippen LogP contribution in [0.2, 0.25) is 0 Å². The van der Waals surface area contributed by atoms with Gasteiger partial charge in [0.2, 0.25) is 5.17 Å². The SMILES string of the molecule is CC(C)C1=NN2C(=N)/C(=C\c3cn(Cc4ccccc4)c4ccccc34)C(=O)N=C2S1. The van der Waals surface area contributed by atoms with Crippen molar-refractivity contribution in [2.75, 3.05) is 0 Å². The molecular weight excluding hydrogens is 406 g/mol. The van der Waals surface area contributed by atoms with E-state index in [1.807, 2.05) is 56.4 Å². The molecule has 2 aromatic carbocycles. The van der Waals surface area contributed by atoms with Crippen LogP contribution in [0.4, 0.5) is 0 Å². The lowest BCUT2D eigenvalue weighted by atomic mass is 10.1. The molecule has 1 amide bonds. The van der Waals surface area contributed by atoms with E-state index in [9.17, 15) is 4.79 Å². The molecule has 3 heterocycles. The number of carbonyl (C=O) groups is 1. The molecule has 154 valence electrons. The van der Waals surface area contributed by atoms with Crippen molar-refractivity contribution >= 4 is 50.7 Å². The number of aromatic nitrogens is 1. The highest BCUT2D eigenvalue weighted by Gasteiger charge is 2.36. The molecule has 1 N–H and O–H groups in total. The molecule has 2 aliphatic rings. The summed E-state index contributed by atoms with van der Waals surface area (Å²) in [5, 5.41) is 16.9. The lowest BCUT2D eigenvalue weighted by molar-refractivity contribution is -0.114. The summed E-state index contributed by atoms with van der Waals surface area (Å²) >= 11 is 1.36. The number of fused-ring (bicyclic) bond motifs is 2. The predicted octanol–water partition coefficient (Wildman–Crippen LogP) is 4.96. The van der Waals surface area contributed by atoms with Crippen molar-refractivity contribution in [3.63, 3.8) is 0 Å². The molecule has 0 fully saturated rings. The summed E-state index contributed by atoms with van der Waals surface area (Å²) in [6.07, 6.45) is 3.80. The van der Waals surface area contributed by atoms with Crippen LogP contribution in [0, 0.1) is 11.3 Å². The van der Waals surface area contributed by atoms with E-state index in [2.05, 4.69) is 32.9 Å². The number of para-hydroxylation sites is 1. The van der Waals surface area contributed by atoms with Crippen molar-refractivity contribution < 1.29 is 4.79 Å². The number of amides is 1. The highest BCUT2D eigenvalue weighted by atomic mass is 32.2. The van der Waals surface area contributed by atoms with Crippen molar-refractivity contribution in [2.45, 2.75) is 20.4 Å². The summed E-state index contributed by atoms with van der Waals surface area (Å²) in [6.45, 7) is 4.80. The van der Waals surface area contributed by atoms with Crippen LogP contribution in [-0.2, 0) is 11.3 Å². The second-order valence-corrected chi connectivity index (χ2v) is 8.82. The first kappa shape index (κ1) is 19.5. The Bertz CT molecular complexity index is 1300. The molecule has 0 unspecified atom stereocenters. The third kappa shape index (κ3) is 3.51. The third-order valence-corrected chi connectivity index (χ3v) is 6.49. The molecule has 31 heavy (non-hydrogen) atoms. The van der Waals surface area contributed by atoms with Crippen LogP contribution < -0.4 is 0 Å². The molecule has 1 aromatic heterocycles. The van der Waals surface area contributed by atoms with Gasteiger partial charge < -0.3 is 4.57 Å². The maximum absolute atomic E-state index is 12.8. The van der Waals surface area contributed by atoms with E-state index in [4.69, 9.17) is 5.41 Å². The minimum Gasteiger partial charge on any atom is -0.342 e. The lowest BCUT2D eigenvalue weighted by Gasteiger charge is -2.20. The molecule has 0 saturated heterocycles. The molecule has 0 spiro atoms. The fraction of sp³-hybridized carbons (Fsp3) is 0.167. The first-order chi connectivity index (χ1) is 15.0. The normalized spacial score (nSPS) is 17.5. The smallest absolute Gasteiger partial charge is 0.283 e. The Morgan fingerprint density at radius 2 is 1.84 bits per heavy atom. The van der Waals surface area contributed by atoms with E-state index in [0.717, 1.165) is 28.1 Å². The summed E-state index contributed by atoms with van der Waals surface area (Å²) in [5.41, 5.74) is 3.41. The Kier molecular flexibility index (Phi) is 4.82. The van der Waals surface area contributed by atoms with Crippen LogP contribution in [0.5, 0.6) is 0 Å². The highest BCUT2D eigenvalue weighted by Crippen LogP contribution is 2.32. The Morgan fingerprint density at radius 1 is 1.10 bits per heavy atom. The van der Waals surface area contributed by atoms with Gasteiger partial charge in [-0.3, -0.25) is 10.2 Å². The number of amidine groups is 2. The number of carbonyl (C=O) groups excluding carboxylic acids is 1. The average Bonchev–Trinajstić information content (AvgIpc) is 3.34. The Hall–Kier alpha value is -3.45. The number of rotatable bonds is 4. The maximum Gasteiger partial charge on any atom is 0.283 e. The van der Waals surface area contributed by atoms with Crippen LogP contribution in [0.25, 0.3) is 17.0 Å². The molecule has 0 atom stereocenters. The van der Waals surface area contributed by atoms with Crippen LogP contribution in [0.1, 0.15) is 25.0 Å². The number of nitrogens with one attached hydrogen (secondary N) is 1. The monoisotopic (exact) mass is 427 g/mol. The number of hydrazone groups is 1. The Morgan fingerprint density at radius 3 is 2.61 bits per heavy atom. The number of hydrogen-bond donors (Lipinski definition) is 1. The van der Waals surface area contributed by atoms with Crippen molar-refractivity contribution in [3.8, 4) is 0 Å². The summed E-state index contributed by atoms with van der Waals surface area (Å²) in [6, 6.07) is 18.4. The molecule has 0 aliphatic carbocycles. The third-order valence-electron chi connectivity index (χ3n) is 5.28. The van der Waals surface area contributed by atoms with E-state index in [0.29, 0.717) is 5.17 Å². The average molecular weight is 428 g/mol. The number of nitrogens with zero attached hydrogens (tertiary/aromatic N) is 4. The largest absolute Gasteiger partial charge is 0.342 e. The molecule has 6 nitrogen and oxygen atoms in total.